The lowest BCUT2D eigenvalue weighted by atomic mass is 9.96. The average molecular weight is 538 g/mol. The van der Waals surface area contributed by atoms with E-state index in [-0.39, 0.29) is 48.9 Å². The summed E-state index contributed by atoms with van der Waals surface area (Å²) in [5.74, 6) is 5.78. The van der Waals surface area contributed by atoms with Gasteiger partial charge in [0.2, 0.25) is 11.8 Å². The number of aryl methyl sites for hydroxylation is 1. The number of fused-ring (bicyclic) bond motifs is 1. The van der Waals surface area contributed by atoms with Gasteiger partial charge in [0, 0.05) is 38.0 Å². The van der Waals surface area contributed by atoms with Crippen molar-refractivity contribution in [1.29, 1.82) is 0 Å². The maximum Gasteiger partial charge on any atom is 0.404 e. The van der Waals surface area contributed by atoms with E-state index < -0.39 is 24.1 Å². The van der Waals surface area contributed by atoms with E-state index in [9.17, 15) is 24.0 Å². The predicted octanol–water partition coefficient (Wildman–Crippen LogP) is 0.723. The highest BCUT2D eigenvalue weighted by Crippen LogP contribution is 2.24. The Morgan fingerprint density at radius 1 is 1.08 bits per heavy atom. The van der Waals surface area contributed by atoms with Crippen molar-refractivity contribution in [3.8, 4) is 11.8 Å². The van der Waals surface area contributed by atoms with E-state index in [2.05, 4.69) is 22.5 Å². The van der Waals surface area contributed by atoms with Crippen LogP contribution in [0.1, 0.15) is 50.1 Å². The standard InChI is InChI=1S/C27H31N5O7/c1-30-21-14-17(4-6-19(21)32(27(30)38)20-7-9-23(33)29-24(20)34)3-2-16-10-12-31(13-11-16)25(35)22-8-5-18(15-39-22)28-26(36)37/h4,6,14,16,18,20,22,28H,5,7-13,15H2,1H3,(H,36,37)(H,29,33,34). The van der Waals surface area contributed by atoms with Crippen LogP contribution in [-0.2, 0) is 26.2 Å². The Morgan fingerprint density at radius 2 is 1.85 bits per heavy atom. The molecule has 2 aromatic rings. The first-order valence-electron chi connectivity index (χ1n) is 13.2. The van der Waals surface area contributed by atoms with Crippen LogP contribution in [0.15, 0.2) is 23.0 Å². The molecule has 3 N–H and O–H groups in total. The Labute approximate surface area is 224 Å². The molecule has 1 aromatic carbocycles. The minimum atomic E-state index is -1.09. The zero-order valence-electron chi connectivity index (χ0n) is 21.6. The lowest BCUT2D eigenvalue weighted by Crippen LogP contribution is -2.49. The molecule has 4 amide bonds. The van der Waals surface area contributed by atoms with Gasteiger partial charge < -0.3 is 20.1 Å². The van der Waals surface area contributed by atoms with Crippen LogP contribution in [0.2, 0.25) is 0 Å². The highest BCUT2D eigenvalue weighted by molar-refractivity contribution is 6.00. The van der Waals surface area contributed by atoms with Crippen LogP contribution < -0.4 is 16.3 Å². The first kappa shape index (κ1) is 26.5. The van der Waals surface area contributed by atoms with Crippen molar-refractivity contribution in [2.24, 2.45) is 13.0 Å². The number of imidazole rings is 1. The van der Waals surface area contributed by atoms with E-state index in [1.807, 2.05) is 12.1 Å². The van der Waals surface area contributed by atoms with Crippen molar-refractivity contribution in [3.63, 3.8) is 0 Å². The van der Waals surface area contributed by atoms with Crippen LogP contribution >= 0.6 is 0 Å². The first-order valence-corrected chi connectivity index (χ1v) is 13.2. The summed E-state index contributed by atoms with van der Waals surface area (Å²) in [5.41, 5.74) is 1.70. The molecule has 0 spiro atoms. The van der Waals surface area contributed by atoms with Crippen LogP contribution in [0.25, 0.3) is 11.0 Å². The minimum absolute atomic E-state index is 0.0536. The molecule has 4 heterocycles. The third kappa shape index (κ3) is 5.54. The molecule has 0 saturated carbocycles. The van der Waals surface area contributed by atoms with Crippen LogP contribution in [-0.4, -0.2) is 74.8 Å². The van der Waals surface area contributed by atoms with Gasteiger partial charge in [-0.3, -0.25) is 28.8 Å². The number of benzene rings is 1. The first-order chi connectivity index (χ1) is 18.7. The van der Waals surface area contributed by atoms with Gasteiger partial charge in [0.25, 0.3) is 5.91 Å². The molecule has 0 bridgehead atoms. The van der Waals surface area contributed by atoms with Gasteiger partial charge in [0.1, 0.15) is 12.1 Å². The summed E-state index contributed by atoms with van der Waals surface area (Å²) in [7, 11) is 1.65. The second kappa shape index (κ2) is 10.9. The maximum atomic E-state index is 12.9. The van der Waals surface area contributed by atoms with Crippen molar-refractivity contribution in [2.75, 3.05) is 19.7 Å². The number of carbonyl (C=O) groups is 4. The number of amides is 4. The number of hydrogen-bond acceptors (Lipinski definition) is 6. The van der Waals surface area contributed by atoms with E-state index in [4.69, 9.17) is 9.84 Å². The summed E-state index contributed by atoms with van der Waals surface area (Å²) < 4.78 is 8.57. The molecular formula is C27H31N5O7. The van der Waals surface area contributed by atoms with Crippen molar-refractivity contribution >= 4 is 34.8 Å². The summed E-state index contributed by atoms with van der Waals surface area (Å²) in [6.07, 6.45) is 1.37. The minimum Gasteiger partial charge on any atom is -0.465 e. The fraction of sp³-hybridized carbons (Fsp3) is 0.519. The number of carbonyl (C=O) groups excluding carboxylic acids is 3. The molecule has 3 saturated heterocycles. The summed E-state index contributed by atoms with van der Waals surface area (Å²) >= 11 is 0. The molecule has 206 valence electrons. The van der Waals surface area contributed by atoms with E-state index in [1.165, 1.54) is 9.13 Å². The average Bonchev–Trinajstić information content (AvgIpc) is 3.16. The quantitative estimate of drug-likeness (QED) is 0.385. The molecule has 39 heavy (non-hydrogen) atoms. The largest absolute Gasteiger partial charge is 0.465 e. The number of rotatable bonds is 3. The SMILES string of the molecule is Cn1c(=O)n(C2CCC(=O)NC2=O)c2ccc(C#CC3CCN(C(=O)C4CCC(NC(=O)O)CO4)CC3)cc21. The monoisotopic (exact) mass is 537 g/mol. The zero-order chi connectivity index (χ0) is 27.7. The van der Waals surface area contributed by atoms with Crippen LogP contribution in [0.3, 0.4) is 0 Å². The zero-order valence-corrected chi connectivity index (χ0v) is 21.6. The van der Waals surface area contributed by atoms with Gasteiger partial charge in [-0.2, -0.15) is 0 Å². The van der Waals surface area contributed by atoms with Crippen LogP contribution in [0.4, 0.5) is 4.79 Å². The van der Waals surface area contributed by atoms with Crippen molar-refractivity contribution in [2.45, 2.75) is 56.7 Å². The van der Waals surface area contributed by atoms with Crippen molar-refractivity contribution < 1.29 is 29.0 Å². The molecule has 3 unspecified atom stereocenters. The van der Waals surface area contributed by atoms with Gasteiger partial charge in [-0.15, -0.1) is 0 Å². The second-order valence-electron chi connectivity index (χ2n) is 10.3. The number of imide groups is 1. The van der Waals surface area contributed by atoms with Gasteiger partial charge in [-0.1, -0.05) is 11.8 Å². The summed E-state index contributed by atoms with van der Waals surface area (Å²) in [4.78, 5) is 62.3. The van der Waals surface area contributed by atoms with Gasteiger partial charge in [-0.05, 0) is 50.3 Å². The molecule has 3 fully saturated rings. The van der Waals surface area contributed by atoms with E-state index >= 15 is 0 Å². The van der Waals surface area contributed by atoms with Crippen molar-refractivity contribution in [3.05, 3.63) is 34.2 Å². The summed E-state index contributed by atoms with van der Waals surface area (Å²) in [6, 6.07) is 4.42. The number of likely N-dealkylation sites (tertiary alicyclic amines) is 1. The molecular weight excluding hydrogens is 506 g/mol. The molecule has 12 nitrogen and oxygen atoms in total. The Balaban J connectivity index is 1.20. The summed E-state index contributed by atoms with van der Waals surface area (Å²) in [5, 5.41) is 13.5. The number of hydrogen-bond donors (Lipinski definition) is 3. The fourth-order valence-corrected chi connectivity index (χ4v) is 5.54. The number of carboxylic acid groups (broad SMARTS) is 1. The van der Waals surface area contributed by atoms with Crippen LogP contribution in [0.5, 0.6) is 0 Å². The lowest BCUT2D eigenvalue weighted by molar-refractivity contribution is -0.148. The smallest absolute Gasteiger partial charge is 0.404 e. The van der Waals surface area contributed by atoms with Gasteiger partial charge in [-0.25, -0.2) is 9.59 Å². The second-order valence-corrected chi connectivity index (χ2v) is 10.3. The Kier molecular flexibility index (Phi) is 7.43. The Hall–Kier alpha value is -4.11. The van der Waals surface area contributed by atoms with Gasteiger partial charge in [0.05, 0.1) is 23.7 Å². The maximum absolute atomic E-state index is 12.9. The highest BCUT2D eigenvalue weighted by Gasteiger charge is 2.33. The number of nitrogens with one attached hydrogen (secondary N) is 2. The Morgan fingerprint density at radius 3 is 2.51 bits per heavy atom. The Bertz CT molecular complexity index is 1430. The topological polar surface area (TPSA) is 152 Å². The molecule has 0 aliphatic carbocycles. The molecule has 3 atom stereocenters. The van der Waals surface area contributed by atoms with Crippen molar-refractivity contribution in [1.82, 2.24) is 24.7 Å². The van der Waals surface area contributed by atoms with Crippen LogP contribution in [0, 0.1) is 17.8 Å². The fourth-order valence-electron chi connectivity index (χ4n) is 5.54. The molecule has 1 aromatic heterocycles. The molecule has 3 aliphatic heterocycles. The summed E-state index contributed by atoms with van der Waals surface area (Å²) in [6.45, 7) is 1.35. The normalized spacial score (nSPS) is 24.1. The van der Waals surface area contributed by atoms with E-state index in [0.717, 1.165) is 18.4 Å². The lowest BCUT2D eigenvalue weighted by Gasteiger charge is -2.35. The molecule has 0 radical (unpaired) electrons. The molecule has 5 rings (SSSR count). The highest BCUT2D eigenvalue weighted by atomic mass is 16.5. The number of aromatic nitrogens is 2. The number of nitrogens with zero attached hydrogens (tertiary/aromatic N) is 3. The van der Waals surface area contributed by atoms with Gasteiger partial charge in [0.15, 0.2) is 0 Å². The predicted molar refractivity (Wildman–Crippen MR) is 139 cm³/mol. The third-order valence-electron chi connectivity index (χ3n) is 7.72. The number of piperidine rings is 2. The van der Waals surface area contributed by atoms with E-state index in [1.54, 1.807) is 18.0 Å². The molecule has 12 heteroatoms. The van der Waals surface area contributed by atoms with Gasteiger partial charge >= 0.3 is 11.8 Å². The third-order valence-corrected chi connectivity index (χ3v) is 7.72. The van der Waals surface area contributed by atoms with E-state index in [0.29, 0.717) is 37.0 Å². The number of ether oxygens (including phenoxy) is 1. The molecule has 3 aliphatic rings.